The van der Waals surface area contributed by atoms with Crippen LogP contribution >= 0.6 is 24.0 Å². The Morgan fingerprint density at radius 3 is 2.90 bits per heavy atom. The van der Waals surface area contributed by atoms with Crippen LogP contribution in [0.4, 0.5) is 10.2 Å². The summed E-state index contributed by atoms with van der Waals surface area (Å²) >= 11 is 0. The Balaban J connectivity index is 0.00000231. The predicted octanol–water partition coefficient (Wildman–Crippen LogP) is 3.04. The Morgan fingerprint density at radius 2 is 2.13 bits per heavy atom. The highest BCUT2D eigenvalue weighted by Gasteiger charge is 2.45. The molecule has 0 spiro atoms. The molecule has 2 aromatic rings. The first-order chi connectivity index (χ1) is 14.7. The molecule has 1 saturated carbocycles. The van der Waals surface area contributed by atoms with E-state index in [2.05, 4.69) is 32.7 Å². The number of guanidine groups is 1. The minimum absolute atomic E-state index is 0. The van der Waals surface area contributed by atoms with Crippen molar-refractivity contribution in [2.45, 2.75) is 30.7 Å². The van der Waals surface area contributed by atoms with Gasteiger partial charge in [-0.2, -0.15) is 0 Å². The molecule has 7 nitrogen and oxygen atoms in total. The van der Waals surface area contributed by atoms with Crippen LogP contribution in [-0.4, -0.2) is 50.5 Å². The summed E-state index contributed by atoms with van der Waals surface area (Å²) < 4.78 is 25.0. The molecule has 5 rings (SSSR count). The summed E-state index contributed by atoms with van der Waals surface area (Å²) in [6.07, 6.45) is 4.80. The van der Waals surface area contributed by atoms with E-state index >= 15 is 0 Å². The Hall–Kier alpha value is -2.30. The fraction of sp³-hybridized carbons (Fsp3) is 0.455. The number of fused-ring (bicyclic) bond motifs is 1. The average Bonchev–Trinajstić information content (AvgIpc) is 3.18. The van der Waals surface area contributed by atoms with Crippen molar-refractivity contribution in [2.24, 2.45) is 4.99 Å². The van der Waals surface area contributed by atoms with Crippen molar-refractivity contribution >= 4 is 35.8 Å². The summed E-state index contributed by atoms with van der Waals surface area (Å²) in [6, 6.07) is 9.49. The summed E-state index contributed by atoms with van der Waals surface area (Å²) in [4.78, 5) is 10.6. The maximum Gasteiger partial charge on any atom is 0.231 e. The van der Waals surface area contributed by atoms with Crippen LogP contribution < -0.4 is 25.0 Å². The lowest BCUT2D eigenvalue weighted by Gasteiger charge is -2.22. The Morgan fingerprint density at radius 1 is 1.29 bits per heavy atom. The van der Waals surface area contributed by atoms with Crippen LogP contribution in [0.15, 0.2) is 41.5 Å². The standard InChI is InChI=1S/C22H26FN5O2.HI/c1-24-21(27-16-6-10-28(12-16)20-17(23)3-2-9-25-20)26-13-22(7-8-22)15-4-5-18-19(11-15)30-14-29-18;/h2-5,9,11,16H,6-8,10,12-14H2,1H3,(H2,24,26,27);1H. The fourth-order valence-electron chi connectivity index (χ4n) is 4.27. The van der Waals surface area contributed by atoms with Gasteiger partial charge in [-0.15, -0.1) is 24.0 Å². The van der Waals surface area contributed by atoms with Crippen LogP contribution in [0.1, 0.15) is 24.8 Å². The summed E-state index contributed by atoms with van der Waals surface area (Å²) in [6.45, 7) is 2.56. The van der Waals surface area contributed by atoms with Gasteiger partial charge in [-0.25, -0.2) is 9.37 Å². The number of hydrogen-bond acceptors (Lipinski definition) is 5. The maximum absolute atomic E-state index is 14.0. The van der Waals surface area contributed by atoms with E-state index in [9.17, 15) is 4.39 Å². The number of aromatic nitrogens is 1. The highest BCUT2D eigenvalue weighted by atomic mass is 127. The Kier molecular flexibility index (Phi) is 6.40. The Bertz CT molecular complexity index is 969. The number of ether oxygens (including phenoxy) is 2. The van der Waals surface area contributed by atoms with E-state index < -0.39 is 0 Å². The largest absolute Gasteiger partial charge is 0.454 e. The van der Waals surface area contributed by atoms with E-state index in [1.165, 1.54) is 11.6 Å². The van der Waals surface area contributed by atoms with Gasteiger partial charge in [0.15, 0.2) is 29.1 Å². The van der Waals surface area contributed by atoms with Gasteiger partial charge >= 0.3 is 0 Å². The van der Waals surface area contributed by atoms with Gasteiger partial charge in [-0.1, -0.05) is 6.07 Å². The first-order valence-corrected chi connectivity index (χ1v) is 10.4. The molecule has 0 amide bonds. The molecular weight excluding hydrogens is 512 g/mol. The maximum atomic E-state index is 14.0. The third-order valence-corrected chi connectivity index (χ3v) is 6.22. The molecule has 1 atom stereocenters. The minimum Gasteiger partial charge on any atom is -0.454 e. The molecule has 1 aromatic heterocycles. The van der Waals surface area contributed by atoms with Crippen LogP contribution in [0, 0.1) is 5.82 Å². The zero-order valence-corrected chi connectivity index (χ0v) is 19.8. The van der Waals surface area contributed by atoms with Gasteiger partial charge in [0, 0.05) is 44.3 Å². The molecule has 2 aliphatic heterocycles. The van der Waals surface area contributed by atoms with Gasteiger partial charge in [0.05, 0.1) is 0 Å². The molecule has 2 N–H and O–H groups in total. The smallest absolute Gasteiger partial charge is 0.231 e. The monoisotopic (exact) mass is 539 g/mol. The van der Waals surface area contributed by atoms with Crippen LogP contribution in [0.2, 0.25) is 0 Å². The molecule has 1 aromatic carbocycles. The van der Waals surface area contributed by atoms with E-state index in [1.54, 1.807) is 19.3 Å². The van der Waals surface area contributed by atoms with E-state index in [1.807, 2.05) is 11.0 Å². The lowest BCUT2D eigenvalue weighted by atomic mass is 9.95. The Labute approximate surface area is 198 Å². The van der Waals surface area contributed by atoms with Crippen molar-refractivity contribution in [3.8, 4) is 11.5 Å². The molecule has 0 bridgehead atoms. The summed E-state index contributed by atoms with van der Waals surface area (Å²) in [5, 5.41) is 6.97. The third kappa shape index (κ3) is 4.51. The third-order valence-electron chi connectivity index (χ3n) is 6.22. The minimum atomic E-state index is -0.278. The van der Waals surface area contributed by atoms with Gasteiger partial charge in [0.25, 0.3) is 0 Å². The van der Waals surface area contributed by atoms with Crippen molar-refractivity contribution in [3.63, 3.8) is 0 Å². The van der Waals surface area contributed by atoms with Gasteiger partial charge in [0.2, 0.25) is 6.79 Å². The molecule has 0 radical (unpaired) electrons. The van der Waals surface area contributed by atoms with Crippen LogP contribution in [0.5, 0.6) is 11.5 Å². The second-order valence-electron chi connectivity index (χ2n) is 8.16. The predicted molar refractivity (Wildman–Crippen MR) is 128 cm³/mol. The molecule has 1 aliphatic carbocycles. The highest BCUT2D eigenvalue weighted by Crippen LogP contribution is 2.49. The molecule has 3 aliphatic rings. The number of benzene rings is 1. The number of aliphatic imine (C=N–C) groups is 1. The summed E-state index contributed by atoms with van der Waals surface area (Å²) in [7, 11) is 1.78. The number of nitrogens with one attached hydrogen (secondary N) is 2. The zero-order valence-electron chi connectivity index (χ0n) is 17.4. The van der Waals surface area contributed by atoms with E-state index in [0.717, 1.165) is 49.8 Å². The number of halogens is 2. The molecule has 1 unspecified atom stereocenters. The first-order valence-electron chi connectivity index (χ1n) is 10.4. The van der Waals surface area contributed by atoms with Gasteiger partial charge in [-0.05, 0) is 49.1 Å². The molecule has 31 heavy (non-hydrogen) atoms. The first kappa shape index (κ1) is 21.9. The zero-order chi connectivity index (χ0) is 20.6. The number of hydrogen-bond donors (Lipinski definition) is 2. The van der Waals surface area contributed by atoms with E-state index in [4.69, 9.17) is 9.47 Å². The van der Waals surface area contributed by atoms with Crippen molar-refractivity contribution in [1.82, 2.24) is 15.6 Å². The van der Waals surface area contributed by atoms with Gasteiger partial charge in [-0.3, -0.25) is 4.99 Å². The van der Waals surface area contributed by atoms with E-state index in [-0.39, 0.29) is 41.3 Å². The number of anilines is 1. The second-order valence-corrected chi connectivity index (χ2v) is 8.16. The van der Waals surface area contributed by atoms with Crippen molar-refractivity contribution in [3.05, 3.63) is 47.9 Å². The summed E-state index contributed by atoms with van der Waals surface area (Å²) in [5.74, 6) is 2.56. The lowest BCUT2D eigenvalue weighted by Crippen LogP contribution is -2.46. The highest BCUT2D eigenvalue weighted by molar-refractivity contribution is 14.0. The van der Waals surface area contributed by atoms with Gasteiger partial charge in [0.1, 0.15) is 0 Å². The molecule has 1 saturated heterocycles. The van der Waals surface area contributed by atoms with Crippen molar-refractivity contribution in [1.29, 1.82) is 0 Å². The number of nitrogens with zero attached hydrogens (tertiary/aromatic N) is 3. The van der Waals surface area contributed by atoms with Crippen molar-refractivity contribution < 1.29 is 13.9 Å². The molecular formula is C22H27FIN5O2. The van der Waals surface area contributed by atoms with Crippen LogP contribution in [0.3, 0.4) is 0 Å². The average molecular weight is 539 g/mol. The quantitative estimate of drug-likeness (QED) is 0.346. The summed E-state index contributed by atoms with van der Waals surface area (Å²) in [5.41, 5.74) is 1.38. The topological polar surface area (TPSA) is 71.0 Å². The lowest BCUT2D eigenvalue weighted by molar-refractivity contribution is 0.174. The molecule has 166 valence electrons. The van der Waals surface area contributed by atoms with Crippen LogP contribution in [-0.2, 0) is 5.41 Å². The molecule has 3 heterocycles. The SMILES string of the molecule is CN=C(NCC1(c2ccc3c(c2)OCO3)CC1)NC1CCN(c2ncccc2F)C1.I. The molecule has 2 fully saturated rings. The van der Waals surface area contributed by atoms with Gasteiger partial charge < -0.3 is 25.0 Å². The van der Waals surface area contributed by atoms with E-state index in [0.29, 0.717) is 19.2 Å². The normalized spacial score (nSPS) is 20.9. The van der Waals surface area contributed by atoms with Crippen LogP contribution in [0.25, 0.3) is 0 Å². The molecule has 9 heteroatoms. The van der Waals surface area contributed by atoms with Crippen molar-refractivity contribution in [2.75, 3.05) is 38.4 Å². The fourth-order valence-corrected chi connectivity index (χ4v) is 4.27. The second kappa shape index (κ2) is 9.05. The number of rotatable bonds is 5. The number of pyridine rings is 1.